The highest BCUT2D eigenvalue weighted by atomic mass is 16.5. The van der Waals surface area contributed by atoms with Crippen molar-refractivity contribution in [1.82, 2.24) is 5.43 Å². The van der Waals surface area contributed by atoms with E-state index in [2.05, 4.69) is 15.8 Å². The first-order valence-corrected chi connectivity index (χ1v) is 7.90. The number of carbonyl (C=O) groups excluding carboxylic acids is 2. The van der Waals surface area contributed by atoms with Crippen LogP contribution in [0.2, 0.25) is 0 Å². The summed E-state index contributed by atoms with van der Waals surface area (Å²) in [6, 6.07) is 14.8. The van der Waals surface area contributed by atoms with Gasteiger partial charge in [-0.25, -0.2) is 5.43 Å². The van der Waals surface area contributed by atoms with Crippen molar-refractivity contribution >= 4 is 23.7 Å². The third kappa shape index (κ3) is 5.76. The minimum atomic E-state index is -0.328. The lowest BCUT2D eigenvalue weighted by atomic mass is 10.2. The average molecular weight is 339 g/mol. The molecule has 0 aliphatic heterocycles. The second-order valence-corrected chi connectivity index (χ2v) is 5.40. The molecule has 0 spiro atoms. The molecule has 0 fully saturated rings. The number of ether oxygens (including phenoxy) is 1. The highest BCUT2D eigenvalue weighted by molar-refractivity contribution is 5.94. The normalized spacial score (nSPS) is 10.5. The lowest BCUT2D eigenvalue weighted by Crippen LogP contribution is -2.20. The van der Waals surface area contributed by atoms with E-state index in [9.17, 15) is 9.59 Å². The van der Waals surface area contributed by atoms with E-state index in [1.807, 2.05) is 49.4 Å². The SMILES string of the molecule is COc1ccccc1/C=N/NC(=O)CCC(=O)Nc1ccccc1C. The summed E-state index contributed by atoms with van der Waals surface area (Å²) < 4.78 is 5.19. The highest BCUT2D eigenvalue weighted by Gasteiger charge is 2.08. The monoisotopic (exact) mass is 339 g/mol. The summed E-state index contributed by atoms with van der Waals surface area (Å²) >= 11 is 0. The minimum Gasteiger partial charge on any atom is -0.496 e. The zero-order valence-electron chi connectivity index (χ0n) is 14.3. The number of nitrogens with zero attached hydrogens (tertiary/aromatic N) is 1. The Bertz CT molecular complexity index is 772. The van der Waals surface area contributed by atoms with Crippen LogP contribution in [0.1, 0.15) is 24.0 Å². The number of para-hydroxylation sites is 2. The molecule has 0 bridgehead atoms. The number of methoxy groups -OCH3 is 1. The number of anilines is 1. The second kappa shape index (κ2) is 9.22. The summed E-state index contributed by atoms with van der Waals surface area (Å²) in [4.78, 5) is 23.7. The number of benzene rings is 2. The molecule has 2 amide bonds. The van der Waals surface area contributed by atoms with E-state index in [1.165, 1.54) is 6.21 Å². The molecule has 0 aliphatic carbocycles. The van der Waals surface area contributed by atoms with Crippen molar-refractivity contribution in [3.05, 3.63) is 59.7 Å². The van der Waals surface area contributed by atoms with Crippen LogP contribution in [-0.2, 0) is 9.59 Å². The molecule has 0 radical (unpaired) electrons. The van der Waals surface area contributed by atoms with Crippen LogP contribution in [0.15, 0.2) is 53.6 Å². The molecule has 2 rings (SSSR count). The lowest BCUT2D eigenvalue weighted by Gasteiger charge is -2.07. The molecule has 0 aromatic heterocycles. The quantitative estimate of drug-likeness (QED) is 0.601. The van der Waals surface area contributed by atoms with Gasteiger partial charge in [0.2, 0.25) is 11.8 Å². The Kier molecular flexibility index (Phi) is 6.71. The van der Waals surface area contributed by atoms with Crippen molar-refractivity contribution < 1.29 is 14.3 Å². The smallest absolute Gasteiger partial charge is 0.240 e. The number of rotatable bonds is 7. The van der Waals surface area contributed by atoms with Crippen molar-refractivity contribution in [2.75, 3.05) is 12.4 Å². The average Bonchev–Trinajstić information content (AvgIpc) is 2.62. The van der Waals surface area contributed by atoms with E-state index in [0.29, 0.717) is 5.75 Å². The summed E-state index contributed by atoms with van der Waals surface area (Å²) in [6.07, 6.45) is 1.65. The molecular weight excluding hydrogens is 318 g/mol. The largest absolute Gasteiger partial charge is 0.496 e. The van der Waals surface area contributed by atoms with Crippen LogP contribution in [0.25, 0.3) is 0 Å². The van der Waals surface area contributed by atoms with E-state index < -0.39 is 0 Å². The first-order valence-electron chi connectivity index (χ1n) is 7.90. The Balaban J connectivity index is 1.78. The van der Waals surface area contributed by atoms with Gasteiger partial charge in [0.1, 0.15) is 5.75 Å². The van der Waals surface area contributed by atoms with Gasteiger partial charge in [-0.15, -0.1) is 0 Å². The lowest BCUT2D eigenvalue weighted by molar-refractivity contribution is -0.124. The molecule has 0 saturated heterocycles. The summed E-state index contributed by atoms with van der Waals surface area (Å²) in [5.41, 5.74) is 4.89. The fourth-order valence-corrected chi connectivity index (χ4v) is 2.16. The van der Waals surface area contributed by atoms with Crippen LogP contribution in [0.5, 0.6) is 5.75 Å². The summed E-state index contributed by atoms with van der Waals surface area (Å²) in [5, 5.41) is 6.68. The zero-order valence-corrected chi connectivity index (χ0v) is 14.3. The molecule has 2 aromatic carbocycles. The van der Waals surface area contributed by atoms with Gasteiger partial charge in [-0.2, -0.15) is 5.10 Å². The Morgan fingerprint density at radius 3 is 2.48 bits per heavy atom. The van der Waals surface area contributed by atoms with E-state index >= 15 is 0 Å². The molecular formula is C19H21N3O3. The van der Waals surface area contributed by atoms with Gasteiger partial charge in [-0.3, -0.25) is 9.59 Å². The van der Waals surface area contributed by atoms with Crippen LogP contribution < -0.4 is 15.5 Å². The van der Waals surface area contributed by atoms with Gasteiger partial charge in [0, 0.05) is 24.1 Å². The maximum absolute atomic E-state index is 11.9. The predicted octanol–water partition coefficient (Wildman–Crippen LogP) is 2.87. The first kappa shape index (κ1) is 18.2. The standard InChI is InChI=1S/C19H21N3O3/c1-14-7-3-5-9-16(14)21-18(23)11-12-19(24)22-20-13-15-8-4-6-10-17(15)25-2/h3-10,13H,11-12H2,1-2H3,(H,21,23)(H,22,24)/b20-13+. The van der Waals surface area contributed by atoms with Crippen molar-refractivity contribution in [2.45, 2.75) is 19.8 Å². The predicted molar refractivity (Wildman–Crippen MR) is 97.8 cm³/mol. The summed E-state index contributed by atoms with van der Waals surface area (Å²) in [7, 11) is 1.57. The zero-order chi connectivity index (χ0) is 18.1. The maximum Gasteiger partial charge on any atom is 0.240 e. The van der Waals surface area contributed by atoms with Crippen LogP contribution >= 0.6 is 0 Å². The van der Waals surface area contributed by atoms with Gasteiger partial charge in [0.15, 0.2) is 0 Å². The molecule has 0 unspecified atom stereocenters. The molecule has 0 atom stereocenters. The van der Waals surface area contributed by atoms with Crippen molar-refractivity contribution in [1.29, 1.82) is 0 Å². The van der Waals surface area contributed by atoms with Crippen LogP contribution in [0.3, 0.4) is 0 Å². The Morgan fingerprint density at radius 1 is 1.04 bits per heavy atom. The van der Waals surface area contributed by atoms with Crippen LogP contribution in [-0.4, -0.2) is 25.1 Å². The number of nitrogens with one attached hydrogen (secondary N) is 2. The van der Waals surface area contributed by atoms with E-state index in [1.54, 1.807) is 13.2 Å². The Labute approximate surface area is 146 Å². The van der Waals surface area contributed by atoms with Crippen LogP contribution in [0.4, 0.5) is 5.69 Å². The summed E-state index contributed by atoms with van der Waals surface area (Å²) in [6.45, 7) is 1.91. The maximum atomic E-state index is 11.9. The van der Waals surface area contributed by atoms with Gasteiger partial charge in [0.25, 0.3) is 0 Å². The molecule has 0 heterocycles. The van der Waals surface area contributed by atoms with Gasteiger partial charge < -0.3 is 10.1 Å². The van der Waals surface area contributed by atoms with E-state index in [-0.39, 0.29) is 24.7 Å². The van der Waals surface area contributed by atoms with Crippen molar-refractivity contribution in [2.24, 2.45) is 5.10 Å². The molecule has 130 valence electrons. The third-order valence-corrected chi connectivity index (χ3v) is 3.53. The molecule has 6 heteroatoms. The molecule has 6 nitrogen and oxygen atoms in total. The number of amides is 2. The van der Waals surface area contributed by atoms with Gasteiger partial charge in [-0.05, 0) is 30.7 Å². The van der Waals surface area contributed by atoms with Gasteiger partial charge >= 0.3 is 0 Å². The van der Waals surface area contributed by atoms with Crippen molar-refractivity contribution in [3.8, 4) is 5.75 Å². The van der Waals surface area contributed by atoms with Crippen molar-refractivity contribution in [3.63, 3.8) is 0 Å². The number of hydrogen-bond donors (Lipinski definition) is 2. The fraction of sp³-hybridized carbons (Fsp3) is 0.211. The molecule has 25 heavy (non-hydrogen) atoms. The van der Waals surface area contributed by atoms with E-state index in [4.69, 9.17) is 4.74 Å². The molecule has 0 aliphatic rings. The van der Waals surface area contributed by atoms with Crippen LogP contribution in [0, 0.1) is 6.92 Å². The Morgan fingerprint density at radius 2 is 1.72 bits per heavy atom. The number of carbonyl (C=O) groups is 2. The van der Waals surface area contributed by atoms with Gasteiger partial charge in [0.05, 0.1) is 13.3 Å². The molecule has 2 N–H and O–H groups in total. The number of hydrazone groups is 1. The van der Waals surface area contributed by atoms with E-state index in [0.717, 1.165) is 16.8 Å². The highest BCUT2D eigenvalue weighted by Crippen LogP contribution is 2.15. The fourth-order valence-electron chi connectivity index (χ4n) is 2.16. The molecule has 2 aromatic rings. The second-order valence-electron chi connectivity index (χ2n) is 5.40. The summed E-state index contributed by atoms with van der Waals surface area (Å²) in [5.74, 6) is 0.127. The molecule has 0 saturated carbocycles. The third-order valence-electron chi connectivity index (χ3n) is 3.53. The minimum absolute atomic E-state index is 0.0565. The Hall–Kier alpha value is -3.15. The topological polar surface area (TPSA) is 79.8 Å². The number of hydrogen-bond acceptors (Lipinski definition) is 4. The first-order chi connectivity index (χ1) is 12.1. The number of aryl methyl sites for hydroxylation is 1. The van der Waals surface area contributed by atoms with Gasteiger partial charge in [-0.1, -0.05) is 30.3 Å².